The second-order valence-electron chi connectivity index (χ2n) is 5.53. The molecule has 1 heteroatoms. The third kappa shape index (κ3) is 7.03. The molecule has 0 aliphatic rings. The van der Waals surface area contributed by atoms with E-state index in [1.165, 1.54) is 44.9 Å². The first-order valence-corrected chi connectivity index (χ1v) is 7.08. The summed E-state index contributed by atoms with van der Waals surface area (Å²) in [5.41, 5.74) is -0.0852. The zero-order chi connectivity index (χ0) is 12.4. The second-order valence-corrected chi connectivity index (χ2v) is 5.53. The molecule has 0 N–H and O–H groups in total. The van der Waals surface area contributed by atoms with Crippen molar-refractivity contribution in [3.05, 3.63) is 0 Å². The molecule has 0 aromatic heterocycles. The van der Waals surface area contributed by atoms with Crippen molar-refractivity contribution in [1.29, 1.82) is 0 Å². The smallest absolute Gasteiger partial charge is 0.138 e. The van der Waals surface area contributed by atoms with E-state index in [1.807, 2.05) is 6.92 Å². The molecule has 0 aliphatic carbocycles. The molecule has 0 heterocycles. The molecule has 16 heavy (non-hydrogen) atoms. The Balaban J connectivity index is 3.47. The fourth-order valence-electron chi connectivity index (χ4n) is 2.14. The highest BCUT2D eigenvalue weighted by Gasteiger charge is 2.24. The molecule has 0 saturated heterocycles. The molecular formula is C15H30O. The zero-order valence-electron chi connectivity index (χ0n) is 11.8. The first-order valence-electron chi connectivity index (χ1n) is 7.08. The van der Waals surface area contributed by atoms with E-state index >= 15 is 0 Å². The highest BCUT2D eigenvalue weighted by Crippen LogP contribution is 2.26. The fourth-order valence-corrected chi connectivity index (χ4v) is 2.14. The topological polar surface area (TPSA) is 17.1 Å². The zero-order valence-corrected chi connectivity index (χ0v) is 11.8. The Bertz CT molecular complexity index is 182. The molecule has 0 aromatic carbocycles. The van der Waals surface area contributed by atoms with Crippen LogP contribution in [0, 0.1) is 5.41 Å². The summed E-state index contributed by atoms with van der Waals surface area (Å²) in [6.45, 7) is 8.40. The molecule has 0 aliphatic heterocycles. The van der Waals surface area contributed by atoms with E-state index in [0.717, 1.165) is 6.42 Å². The van der Waals surface area contributed by atoms with Gasteiger partial charge in [0.15, 0.2) is 0 Å². The Morgan fingerprint density at radius 1 is 0.875 bits per heavy atom. The van der Waals surface area contributed by atoms with Gasteiger partial charge in [-0.25, -0.2) is 0 Å². The van der Waals surface area contributed by atoms with Gasteiger partial charge in [-0.15, -0.1) is 0 Å². The van der Waals surface area contributed by atoms with Crippen molar-refractivity contribution in [2.45, 2.75) is 85.5 Å². The van der Waals surface area contributed by atoms with Crippen LogP contribution in [0.2, 0.25) is 0 Å². The molecule has 1 nitrogen and oxygen atoms in total. The second kappa shape index (κ2) is 8.78. The molecule has 0 radical (unpaired) electrons. The van der Waals surface area contributed by atoms with Crippen LogP contribution in [0.15, 0.2) is 0 Å². The number of carbonyl (C=O) groups is 1. The molecular weight excluding hydrogens is 196 g/mol. The van der Waals surface area contributed by atoms with Gasteiger partial charge in [0.25, 0.3) is 0 Å². The SMILES string of the molecule is CCCCCCCCCC(C)(C)C(=O)CC. The first kappa shape index (κ1) is 15.7. The maximum atomic E-state index is 11.6. The minimum absolute atomic E-state index is 0.0852. The highest BCUT2D eigenvalue weighted by atomic mass is 16.1. The Morgan fingerprint density at radius 2 is 1.38 bits per heavy atom. The molecule has 0 saturated carbocycles. The number of hydrogen-bond acceptors (Lipinski definition) is 1. The fraction of sp³-hybridized carbons (Fsp3) is 0.933. The number of rotatable bonds is 10. The summed E-state index contributed by atoms with van der Waals surface area (Å²) < 4.78 is 0. The lowest BCUT2D eigenvalue weighted by atomic mass is 9.81. The predicted octanol–water partition coefficient (Wildman–Crippen LogP) is 5.13. The van der Waals surface area contributed by atoms with E-state index in [0.29, 0.717) is 12.2 Å². The van der Waals surface area contributed by atoms with Crippen LogP contribution in [-0.4, -0.2) is 5.78 Å². The summed E-state index contributed by atoms with van der Waals surface area (Å²) in [4.78, 5) is 11.6. The van der Waals surface area contributed by atoms with Crippen LogP contribution in [0.3, 0.4) is 0 Å². The average molecular weight is 226 g/mol. The van der Waals surface area contributed by atoms with Gasteiger partial charge in [-0.1, -0.05) is 72.6 Å². The lowest BCUT2D eigenvalue weighted by molar-refractivity contribution is -0.127. The minimum atomic E-state index is -0.0852. The molecule has 0 spiro atoms. The van der Waals surface area contributed by atoms with Crippen LogP contribution in [0.25, 0.3) is 0 Å². The summed E-state index contributed by atoms with van der Waals surface area (Å²) in [6, 6.07) is 0. The quantitative estimate of drug-likeness (QED) is 0.472. The van der Waals surface area contributed by atoms with Crippen molar-refractivity contribution >= 4 is 5.78 Å². The summed E-state index contributed by atoms with van der Waals surface area (Å²) in [7, 11) is 0. The van der Waals surface area contributed by atoms with Gasteiger partial charge < -0.3 is 0 Å². The molecule has 0 rings (SSSR count). The normalized spacial score (nSPS) is 11.8. The number of hydrogen-bond donors (Lipinski definition) is 0. The van der Waals surface area contributed by atoms with Crippen molar-refractivity contribution in [2.75, 3.05) is 0 Å². The largest absolute Gasteiger partial charge is 0.299 e. The van der Waals surface area contributed by atoms with E-state index in [9.17, 15) is 4.79 Å². The van der Waals surface area contributed by atoms with Crippen molar-refractivity contribution in [2.24, 2.45) is 5.41 Å². The number of unbranched alkanes of at least 4 members (excludes halogenated alkanes) is 6. The van der Waals surface area contributed by atoms with Crippen LogP contribution in [0.1, 0.15) is 85.5 Å². The highest BCUT2D eigenvalue weighted by molar-refractivity contribution is 5.83. The summed E-state index contributed by atoms with van der Waals surface area (Å²) >= 11 is 0. The number of carbonyl (C=O) groups excluding carboxylic acids is 1. The Labute approximate surface area is 102 Å². The van der Waals surface area contributed by atoms with Crippen LogP contribution in [0.4, 0.5) is 0 Å². The number of Topliss-reactive ketones (excluding diaryl/α,β-unsaturated/α-hetero) is 1. The molecule has 0 aromatic rings. The summed E-state index contributed by atoms with van der Waals surface area (Å²) in [5.74, 6) is 0.415. The average Bonchev–Trinajstić information content (AvgIpc) is 2.26. The minimum Gasteiger partial charge on any atom is -0.299 e. The standard InChI is InChI=1S/C15H30O/c1-5-7-8-9-10-11-12-13-15(3,4)14(16)6-2/h5-13H2,1-4H3. The first-order chi connectivity index (χ1) is 7.54. The van der Waals surface area contributed by atoms with Crippen molar-refractivity contribution in [1.82, 2.24) is 0 Å². The molecule has 96 valence electrons. The van der Waals surface area contributed by atoms with Gasteiger partial charge in [0, 0.05) is 11.8 Å². The Morgan fingerprint density at radius 3 is 1.88 bits per heavy atom. The van der Waals surface area contributed by atoms with Crippen LogP contribution in [-0.2, 0) is 4.79 Å². The van der Waals surface area contributed by atoms with Gasteiger partial charge in [0.1, 0.15) is 5.78 Å². The number of ketones is 1. The van der Waals surface area contributed by atoms with E-state index in [2.05, 4.69) is 20.8 Å². The predicted molar refractivity (Wildman–Crippen MR) is 71.7 cm³/mol. The van der Waals surface area contributed by atoms with Crippen LogP contribution < -0.4 is 0 Å². The van der Waals surface area contributed by atoms with Gasteiger partial charge in [0.05, 0.1) is 0 Å². The molecule has 0 fully saturated rings. The van der Waals surface area contributed by atoms with E-state index in [4.69, 9.17) is 0 Å². The summed E-state index contributed by atoms with van der Waals surface area (Å²) in [6.07, 6.45) is 11.0. The van der Waals surface area contributed by atoms with Crippen molar-refractivity contribution in [3.63, 3.8) is 0 Å². The van der Waals surface area contributed by atoms with E-state index in [1.54, 1.807) is 0 Å². The van der Waals surface area contributed by atoms with E-state index < -0.39 is 0 Å². The van der Waals surface area contributed by atoms with E-state index in [-0.39, 0.29) is 5.41 Å². The third-order valence-electron chi connectivity index (χ3n) is 3.48. The molecule has 0 bridgehead atoms. The maximum absolute atomic E-state index is 11.6. The Kier molecular flexibility index (Phi) is 8.60. The lowest BCUT2D eigenvalue weighted by Crippen LogP contribution is -2.23. The molecule has 0 amide bonds. The van der Waals surface area contributed by atoms with Gasteiger partial charge >= 0.3 is 0 Å². The lowest BCUT2D eigenvalue weighted by Gasteiger charge is -2.22. The summed E-state index contributed by atoms with van der Waals surface area (Å²) in [5, 5.41) is 0. The maximum Gasteiger partial charge on any atom is 0.138 e. The van der Waals surface area contributed by atoms with Gasteiger partial charge in [0.2, 0.25) is 0 Å². The van der Waals surface area contributed by atoms with Crippen LogP contribution >= 0.6 is 0 Å². The molecule has 0 atom stereocenters. The Hall–Kier alpha value is -0.330. The van der Waals surface area contributed by atoms with Gasteiger partial charge in [-0.3, -0.25) is 4.79 Å². The van der Waals surface area contributed by atoms with Crippen molar-refractivity contribution < 1.29 is 4.79 Å². The monoisotopic (exact) mass is 226 g/mol. The van der Waals surface area contributed by atoms with Crippen molar-refractivity contribution in [3.8, 4) is 0 Å². The van der Waals surface area contributed by atoms with Gasteiger partial charge in [-0.2, -0.15) is 0 Å². The third-order valence-corrected chi connectivity index (χ3v) is 3.48. The molecule has 0 unspecified atom stereocenters. The van der Waals surface area contributed by atoms with Crippen LogP contribution in [0.5, 0.6) is 0 Å². The van der Waals surface area contributed by atoms with Gasteiger partial charge in [-0.05, 0) is 6.42 Å².